The first-order valence-electron chi connectivity index (χ1n) is 5.92. The zero-order valence-corrected chi connectivity index (χ0v) is 12.1. The maximum absolute atomic E-state index is 12.6. The fourth-order valence-electron chi connectivity index (χ4n) is 2.01. The van der Waals surface area contributed by atoms with Crippen molar-refractivity contribution in [1.29, 1.82) is 0 Å². The van der Waals surface area contributed by atoms with Gasteiger partial charge in [-0.1, -0.05) is 24.3 Å². The molecule has 0 N–H and O–H groups in total. The van der Waals surface area contributed by atoms with E-state index in [1.807, 2.05) is 52.8 Å². The van der Waals surface area contributed by atoms with E-state index in [2.05, 4.69) is 18.2 Å². The molecule has 0 spiro atoms. The van der Waals surface area contributed by atoms with E-state index in [0.717, 1.165) is 15.8 Å². The monoisotopic (exact) mass is 287 g/mol. The average molecular weight is 287 g/mol. The molecular weight excluding hydrogens is 274 g/mol. The van der Waals surface area contributed by atoms with E-state index in [0.29, 0.717) is 0 Å². The minimum absolute atomic E-state index is 0.814. The van der Waals surface area contributed by atoms with Crippen LogP contribution < -0.4 is 0 Å². The fourth-order valence-corrected chi connectivity index (χ4v) is 3.56. The zero-order valence-electron chi connectivity index (χ0n) is 10.4. The van der Waals surface area contributed by atoms with Crippen LogP contribution in [0.25, 0.3) is 10.9 Å². The molecule has 2 nitrogen and oxygen atoms in total. The van der Waals surface area contributed by atoms with Crippen molar-refractivity contribution in [2.75, 3.05) is 6.26 Å². The lowest BCUT2D eigenvalue weighted by atomic mass is 10.2. The van der Waals surface area contributed by atoms with Gasteiger partial charge >= 0.3 is 0 Å². The number of rotatable bonds is 3. The molecule has 0 fully saturated rings. The molecule has 1 heterocycles. The van der Waals surface area contributed by atoms with Gasteiger partial charge in [-0.2, -0.15) is 0 Å². The second kappa shape index (κ2) is 5.23. The summed E-state index contributed by atoms with van der Waals surface area (Å²) in [7, 11) is -1.19. The number of thioether (sulfide) groups is 1. The average Bonchev–Trinajstić information content (AvgIpc) is 2.90. The Hall–Kier alpha value is -1.52. The molecule has 0 aliphatic heterocycles. The van der Waals surface area contributed by atoms with E-state index in [-0.39, 0.29) is 0 Å². The van der Waals surface area contributed by atoms with Crippen LogP contribution in [0.15, 0.2) is 70.6 Å². The SMILES string of the molecule is CSc1ccc2ccn(S(=O)c3ccccc3)c2c1. The van der Waals surface area contributed by atoms with Gasteiger partial charge in [0.05, 0.1) is 10.4 Å². The normalized spacial score (nSPS) is 12.7. The van der Waals surface area contributed by atoms with Crippen LogP contribution >= 0.6 is 11.8 Å². The molecule has 4 heteroatoms. The van der Waals surface area contributed by atoms with Crippen LogP contribution in [0.1, 0.15) is 0 Å². The number of hydrogen-bond acceptors (Lipinski definition) is 2. The molecule has 0 saturated heterocycles. The van der Waals surface area contributed by atoms with Crippen molar-refractivity contribution in [3.8, 4) is 0 Å². The third kappa shape index (κ3) is 2.33. The molecule has 0 saturated carbocycles. The van der Waals surface area contributed by atoms with Gasteiger partial charge in [0.25, 0.3) is 0 Å². The zero-order chi connectivity index (χ0) is 13.2. The van der Waals surface area contributed by atoms with Crippen molar-refractivity contribution in [2.24, 2.45) is 0 Å². The van der Waals surface area contributed by atoms with Crippen LogP contribution in [0.4, 0.5) is 0 Å². The number of fused-ring (bicyclic) bond motifs is 1. The van der Waals surface area contributed by atoms with E-state index in [1.165, 1.54) is 4.90 Å². The summed E-state index contributed by atoms with van der Waals surface area (Å²) in [5.74, 6) is 0. The fraction of sp³-hybridized carbons (Fsp3) is 0.0667. The smallest absolute Gasteiger partial charge is 0.157 e. The lowest BCUT2D eigenvalue weighted by Gasteiger charge is -2.06. The number of aromatic nitrogens is 1. The van der Waals surface area contributed by atoms with Crippen LogP contribution in [0, 0.1) is 0 Å². The van der Waals surface area contributed by atoms with Gasteiger partial charge in [0, 0.05) is 16.5 Å². The number of hydrogen-bond donors (Lipinski definition) is 0. The molecule has 0 bridgehead atoms. The quantitative estimate of drug-likeness (QED) is 0.681. The van der Waals surface area contributed by atoms with Gasteiger partial charge in [-0.3, -0.25) is 3.97 Å². The van der Waals surface area contributed by atoms with Gasteiger partial charge in [-0.15, -0.1) is 11.8 Å². The second-order valence-corrected chi connectivity index (χ2v) is 6.37. The summed E-state index contributed by atoms with van der Waals surface area (Å²) in [5, 5.41) is 1.11. The largest absolute Gasteiger partial charge is 0.263 e. The van der Waals surface area contributed by atoms with Gasteiger partial charge in [-0.25, -0.2) is 4.21 Å². The Bertz CT molecular complexity index is 734. The molecule has 96 valence electrons. The van der Waals surface area contributed by atoms with Gasteiger partial charge in [0.15, 0.2) is 11.0 Å². The number of nitrogens with zero attached hydrogens (tertiary/aromatic N) is 1. The molecule has 0 radical (unpaired) electrons. The third-order valence-corrected chi connectivity index (χ3v) is 5.06. The summed E-state index contributed by atoms with van der Waals surface area (Å²) in [6, 6.07) is 17.8. The van der Waals surface area contributed by atoms with Crippen LogP contribution in [0.5, 0.6) is 0 Å². The van der Waals surface area contributed by atoms with Crippen molar-refractivity contribution < 1.29 is 4.21 Å². The number of benzene rings is 2. The Labute approximate surface area is 119 Å². The van der Waals surface area contributed by atoms with Gasteiger partial charge in [0.2, 0.25) is 0 Å². The van der Waals surface area contributed by atoms with Crippen molar-refractivity contribution >= 4 is 33.7 Å². The highest BCUT2D eigenvalue weighted by molar-refractivity contribution is 7.98. The molecule has 2 aromatic carbocycles. The Kier molecular flexibility index (Phi) is 3.44. The lowest BCUT2D eigenvalue weighted by Crippen LogP contribution is -2.02. The van der Waals surface area contributed by atoms with Crippen LogP contribution in [0.2, 0.25) is 0 Å². The molecule has 3 aromatic rings. The van der Waals surface area contributed by atoms with Gasteiger partial charge in [0.1, 0.15) is 0 Å². The van der Waals surface area contributed by atoms with E-state index >= 15 is 0 Å². The van der Waals surface area contributed by atoms with E-state index < -0.39 is 11.0 Å². The summed E-state index contributed by atoms with van der Waals surface area (Å²) in [6.45, 7) is 0. The Morgan fingerprint density at radius 1 is 1.05 bits per heavy atom. The van der Waals surface area contributed by atoms with Crippen LogP contribution in [0.3, 0.4) is 0 Å². The first-order chi connectivity index (χ1) is 9.29. The summed E-state index contributed by atoms with van der Waals surface area (Å²) in [6.07, 6.45) is 3.93. The Morgan fingerprint density at radius 2 is 1.84 bits per heavy atom. The molecular formula is C15H13NOS2. The molecule has 0 aliphatic carbocycles. The molecule has 0 aliphatic rings. The Balaban J connectivity index is 2.12. The maximum atomic E-state index is 12.6. The minimum Gasteiger partial charge on any atom is -0.263 e. The summed E-state index contributed by atoms with van der Waals surface area (Å²) >= 11 is 1.69. The molecule has 19 heavy (non-hydrogen) atoms. The van der Waals surface area contributed by atoms with E-state index in [9.17, 15) is 4.21 Å². The van der Waals surface area contributed by atoms with E-state index in [1.54, 1.807) is 11.8 Å². The predicted octanol–water partition coefficient (Wildman–Crippen LogP) is 3.93. The summed E-state index contributed by atoms with van der Waals surface area (Å²) in [5.41, 5.74) is 1.01. The summed E-state index contributed by atoms with van der Waals surface area (Å²) < 4.78 is 14.4. The highest BCUT2D eigenvalue weighted by atomic mass is 32.2. The molecule has 1 unspecified atom stereocenters. The predicted molar refractivity (Wildman–Crippen MR) is 82.0 cm³/mol. The molecule has 3 rings (SSSR count). The van der Waals surface area contributed by atoms with Crippen molar-refractivity contribution in [3.63, 3.8) is 0 Å². The van der Waals surface area contributed by atoms with Crippen molar-refractivity contribution in [1.82, 2.24) is 3.97 Å². The Morgan fingerprint density at radius 3 is 2.58 bits per heavy atom. The van der Waals surface area contributed by atoms with Crippen LogP contribution in [-0.4, -0.2) is 14.4 Å². The second-order valence-electron chi connectivity index (χ2n) is 4.13. The first-order valence-corrected chi connectivity index (χ1v) is 8.25. The minimum atomic E-state index is -1.19. The van der Waals surface area contributed by atoms with Crippen molar-refractivity contribution in [3.05, 3.63) is 60.8 Å². The van der Waals surface area contributed by atoms with E-state index in [4.69, 9.17) is 0 Å². The standard InChI is InChI=1S/C15H13NOS2/c1-18-13-8-7-12-9-10-16(15(12)11-13)19(17)14-5-3-2-4-6-14/h2-11H,1H3. The first kappa shape index (κ1) is 12.5. The van der Waals surface area contributed by atoms with Crippen LogP contribution in [-0.2, 0) is 11.0 Å². The highest BCUT2D eigenvalue weighted by Crippen LogP contribution is 2.24. The molecule has 1 aromatic heterocycles. The third-order valence-electron chi connectivity index (χ3n) is 2.99. The topological polar surface area (TPSA) is 22.0 Å². The molecule has 0 amide bonds. The van der Waals surface area contributed by atoms with Crippen molar-refractivity contribution in [2.45, 2.75) is 9.79 Å². The summed E-state index contributed by atoms with van der Waals surface area (Å²) in [4.78, 5) is 1.99. The maximum Gasteiger partial charge on any atom is 0.157 e. The van der Waals surface area contributed by atoms with Gasteiger partial charge in [-0.05, 0) is 36.6 Å². The van der Waals surface area contributed by atoms with Gasteiger partial charge < -0.3 is 0 Å². The highest BCUT2D eigenvalue weighted by Gasteiger charge is 2.09. The molecule has 1 atom stereocenters. The lowest BCUT2D eigenvalue weighted by molar-refractivity contribution is 0.678.